The molecular formula is C14H20ClNO2. The monoisotopic (exact) mass is 269 g/mol. The van der Waals surface area contributed by atoms with Crippen molar-refractivity contribution in [1.29, 1.82) is 0 Å². The molecule has 1 rings (SSSR count). The lowest BCUT2D eigenvalue weighted by Gasteiger charge is -2.13. The van der Waals surface area contributed by atoms with Gasteiger partial charge < -0.3 is 10.1 Å². The van der Waals surface area contributed by atoms with Gasteiger partial charge in [-0.05, 0) is 37.1 Å². The molecule has 0 aliphatic carbocycles. The van der Waals surface area contributed by atoms with Crippen molar-refractivity contribution in [2.45, 2.75) is 19.8 Å². The summed E-state index contributed by atoms with van der Waals surface area (Å²) in [5.41, 5.74) is 1.23. The molecule has 1 unspecified atom stereocenters. The summed E-state index contributed by atoms with van der Waals surface area (Å²) in [5, 5.41) is 4.03. The van der Waals surface area contributed by atoms with E-state index in [-0.39, 0.29) is 11.9 Å². The largest absolute Gasteiger partial charge is 0.469 e. The molecule has 0 aromatic heterocycles. The summed E-state index contributed by atoms with van der Waals surface area (Å²) < 4.78 is 4.74. The fourth-order valence-corrected chi connectivity index (χ4v) is 1.85. The van der Waals surface area contributed by atoms with E-state index in [9.17, 15) is 4.79 Å². The molecule has 100 valence electrons. The third-order valence-electron chi connectivity index (χ3n) is 2.92. The number of ether oxygens (including phenoxy) is 1. The molecule has 1 atom stereocenters. The molecule has 1 N–H and O–H groups in total. The molecule has 0 spiro atoms. The predicted molar refractivity (Wildman–Crippen MR) is 73.8 cm³/mol. The lowest BCUT2D eigenvalue weighted by atomic mass is 10.1. The minimum atomic E-state index is -0.142. The van der Waals surface area contributed by atoms with E-state index in [1.807, 2.05) is 31.2 Å². The Balaban J connectivity index is 2.25. The van der Waals surface area contributed by atoms with Gasteiger partial charge in [0, 0.05) is 11.6 Å². The van der Waals surface area contributed by atoms with E-state index >= 15 is 0 Å². The summed E-state index contributed by atoms with van der Waals surface area (Å²) in [6.07, 6.45) is 1.72. The van der Waals surface area contributed by atoms with Gasteiger partial charge in [-0.1, -0.05) is 30.7 Å². The van der Waals surface area contributed by atoms with E-state index < -0.39 is 0 Å². The van der Waals surface area contributed by atoms with Gasteiger partial charge in [-0.15, -0.1) is 0 Å². The van der Waals surface area contributed by atoms with Crippen molar-refractivity contribution >= 4 is 17.6 Å². The van der Waals surface area contributed by atoms with Crippen LogP contribution in [0.15, 0.2) is 24.3 Å². The maximum atomic E-state index is 11.4. The second-order valence-electron chi connectivity index (χ2n) is 4.21. The Hall–Kier alpha value is -1.06. The zero-order valence-corrected chi connectivity index (χ0v) is 11.7. The van der Waals surface area contributed by atoms with Gasteiger partial charge in [-0.2, -0.15) is 0 Å². The van der Waals surface area contributed by atoms with Gasteiger partial charge in [0.05, 0.1) is 13.0 Å². The third-order valence-corrected chi connectivity index (χ3v) is 3.17. The Morgan fingerprint density at radius 2 is 2.06 bits per heavy atom. The SMILES string of the molecule is CCC(CNCCc1ccc(Cl)cc1)C(=O)OC. The van der Waals surface area contributed by atoms with Crippen LogP contribution in [0.3, 0.4) is 0 Å². The average molecular weight is 270 g/mol. The standard InChI is InChI=1S/C14H20ClNO2/c1-3-12(14(17)18-2)10-16-9-8-11-4-6-13(15)7-5-11/h4-7,12,16H,3,8-10H2,1-2H3. The molecule has 1 aromatic rings. The van der Waals surface area contributed by atoms with Crippen molar-refractivity contribution in [3.63, 3.8) is 0 Å². The number of nitrogens with one attached hydrogen (secondary N) is 1. The topological polar surface area (TPSA) is 38.3 Å². The summed E-state index contributed by atoms with van der Waals surface area (Å²) in [4.78, 5) is 11.4. The molecule has 0 fully saturated rings. The first-order chi connectivity index (χ1) is 8.67. The Morgan fingerprint density at radius 3 is 2.61 bits per heavy atom. The van der Waals surface area contributed by atoms with Crippen LogP contribution in [0.2, 0.25) is 5.02 Å². The quantitative estimate of drug-likeness (QED) is 0.611. The molecule has 0 saturated heterocycles. The van der Waals surface area contributed by atoms with E-state index in [0.29, 0.717) is 6.54 Å². The second kappa shape index (κ2) is 8.11. The van der Waals surface area contributed by atoms with E-state index in [4.69, 9.17) is 16.3 Å². The van der Waals surface area contributed by atoms with Gasteiger partial charge in [0.2, 0.25) is 0 Å². The van der Waals surface area contributed by atoms with Crippen molar-refractivity contribution in [3.05, 3.63) is 34.9 Å². The fraction of sp³-hybridized carbons (Fsp3) is 0.500. The number of halogens is 1. The molecule has 0 heterocycles. The number of hydrogen-bond donors (Lipinski definition) is 1. The van der Waals surface area contributed by atoms with Crippen LogP contribution in [0.5, 0.6) is 0 Å². The Kier molecular flexibility index (Phi) is 6.76. The summed E-state index contributed by atoms with van der Waals surface area (Å²) in [6.45, 7) is 3.49. The van der Waals surface area contributed by atoms with Crippen LogP contribution in [-0.4, -0.2) is 26.2 Å². The summed E-state index contributed by atoms with van der Waals surface area (Å²) in [6, 6.07) is 7.81. The summed E-state index contributed by atoms with van der Waals surface area (Å²) in [5.74, 6) is -0.197. The number of carbonyl (C=O) groups excluding carboxylic acids is 1. The van der Waals surface area contributed by atoms with Crippen LogP contribution in [0, 0.1) is 5.92 Å². The van der Waals surface area contributed by atoms with Gasteiger partial charge in [-0.25, -0.2) is 0 Å². The van der Waals surface area contributed by atoms with Gasteiger partial charge in [-0.3, -0.25) is 4.79 Å². The molecule has 3 nitrogen and oxygen atoms in total. The van der Waals surface area contributed by atoms with Gasteiger partial charge in [0.15, 0.2) is 0 Å². The fourth-order valence-electron chi connectivity index (χ4n) is 1.72. The number of benzene rings is 1. The summed E-state index contributed by atoms with van der Waals surface area (Å²) in [7, 11) is 1.43. The van der Waals surface area contributed by atoms with Crippen LogP contribution >= 0.6 is 11.6 Å². The maximum Gasteiger partial charge on any atom is 0.309 e. The van der Waals surface area contributed by atoms with Crippen LogP contribution < -0.4 is 5.32 Å². The molecule has 0 amide bonds. The highest BCUT2D eigenvalue weighted by Gasteiger charge is 2.15. The number of rotatable bonds is 7. The lowest BCUT2D eigenvalue weighted by Crippen LogP contribution is -2.30. The lowest BCUT2D eigenvalue weighted by molar-refractivity contribution is -0.145. The molecule has 0 radical (unpaired) electrons. The van der Waals surface area contributed by atoms with Crippen molar-refractivity contribution in [2.24, 2.45) is 5.92 Å². The molecule has 0 bridgehead atoms. The smallest absolute Gasteiger partial charge is 0.309 e. The zero-order valence-electron chi connectivity index (χ0n) is 10.9. The second-order valence-corrected chi connectivity index (χ2v) is 4.65. The van der Waals surface area contributed by atoms with Crippen molar-refractivity contribution in [1.82, 2.24) is 5.32 Å². The average Bonchev–Trinajstić information content (AvgIpc) is 2.40. The molecule has 0 aliphatic rings. The molecule has 0 saturated carbocycles. The van der Waals surface area contributed by atoms with Crippen LogP contribution in [0.4, 0.5) is 0 Å². The maximum absolute atomic E-state index is 11.4. The highest BCUT2D eigenvalue weighted by atomic mass is 35.5. The molecular weight excluding hydrogens is 250 g/mol. The number of methoxy groups -OCH3 is 1. The van der Waals surface area contributed by atoms with Gasteiger partial charge in [0.1, 0.15) is 0 Å². The highest BCUT2D eigenvalue weighted by Crippen LogP contribution is 2.09. The Bertz CT molecular complexity index is 365. The predicted octanol–water partition coefficient (Wildman–Crippen LogP) is 2.67. The van der Waals surface area contributed by atoms with Crippen molar-refractivity contribution < 1.29 is 9.53 Å². The van der Waals surface area contributed by atoms with Crippen molar-refractivity contribution in [2.75, 3.05) is 20.2 Å². The van der Waals surface area contributed by atoms with E-state index in [1.165, 1.54) is 12.7 Å². The number of carbonyl (C=O) groups is 1. The van der Waals surface area contributed by atoms with Gasteiger partial charge >= 0.3 is 5.97 Å². The Morgan fingerprint density at radius 1 is 1.39 bits per heavy atom. The number of hydrogen-bond acceptors (Lipinski definition) is 3. The molecule has 1 aromatic carbocycles. The van der Waals surface area contributed by atoms with Crippen LogP contribution in [0.25, 0.3) is 0 Å². The molecule has 4 heteroatoms. The minimum Gasteiger partial charge on any atom is -0.469 e. The van der Waals surface area contributed by atoms with Crippen LogP contribution in [-0.2, 0) is 16.0 Å². The molecule has 18 heavy (non-hydrogen) atoms. The minimum absolute atomic E-state index is 0.0554. The van der Waals surface area contributed by atoms with Gasteiger partial charge in [0.25, 0.3) is 0 Å². The van der Waals surface area contributed by atoms with E-state index in [1.54, 1.807) is 0 Å². The zero-order chi connectivity index (χ0) is 13.4. The highest BCUT2D eigenvalue weighted by molar-refractivity contribution is 6.30. The normalized spacial score (nSPS) is 12.2. The molecule has 0 aliphatic heterocycles. The third kappa shape index (κ3) is 5.07. The van der Waals surface area contributed by atoms with Crippen molar-refractivity contribution in [3.8, 4) is 0 Å². The van der Waals surface area contributed by atoms with Crippen LogP contribution in [0.1, 0.15) is 18.9 Å². The first kappa shape index (κ1) is 15.0. The van der Waals surface area contributed by atoms with E-state index in [0.717, 1.165) is 24.4 Å². The van der Waals surface area contributed by atoms with E-state index in [2.05, 4.69) is 5.32 Å². The Labute approximate surface area is 113 Å². The summed E-state index contributed by atoms with van der Waals surface area (Å²) >= 11 is 5.82. The number of esters is 1. The first-order valence-electron chi connectivity index (χ1n) is 6.20. The first-order valence-corrected chi connectivity index (χ1v) is 6.58.